The highest BCUT2D eigenvalue weighted by atomic mass is 19.1. The zero-order valence-electron chi connectivity index (χ0n) is 16.5. The van der Waals surface area contributed by atoms with Crippen molar-refractivity contribution in [1.82, 2.24) is 5.32 Å². The van der Waals surface area contributed by atoms with Crippen molar-refractivity contribution in [1.29, 1.82) is 0 Å². The van der Waals surface area contributed by atoms with Crippen LogP contribution in [0.1, 0.15) is 44.6 Å². The molecule has 2 aromatic carbocycles. The standard InChI is InChI=1S/C22H26FNO4/c1-4-5-6-12-24-22(26)28-18-9-7-8-17(13-18)19-11-10-16(14-20(19)23)15(2)21(25)27-3/h7-11,13-15H,4-6,12H2,1-3H3,(H,24,26). The molecule has 0 heterocycles. The van der Waals surface area contributed by atoms with Gasteiger partial charge in [0.15, 0.2) is 0 Å². The van der Waals surface area contributed by atoms with Gasteiger partial charge in [-0.25, -0.2) is 9.18 Å². The van der Waals surface area contributed by atoms with E-state index >= 15 is 0 Å². The minimum absolute atomic E-state index is 0.330. The summed E-state index contributed by atoms with van der Waals surface area (Å²) in [6.07, 6.45) is 2.48. The second-order valence-corrected chi connectivity index (χ2v) is 6.54. The lowest BCUT2D eigenvalue weighted by Gasteiger charge is -2.12. The summed E-state index contributed by atoms with van der Waals surface area (Å²) in [6.45, 7) is 4.31. The molecule has 1 unspecified atom stereocenters. The molecule has 5 nitrogen and oxygen atoms in total. The quantitative estimate of drug-likeness (QED) is 0.509. The van der Waals surface area contributed by atoms with Crippen molar-refractivity contribution in [3.05, 3.63) is 53.8 Å². The van der Waals surface area contributed by atoms with Crippen molar-refractivity contribution in [2.75, 3.05) is 13.7 Å². The summed E-state index contributed by atoms with van der Waals surface area (Å²) in [5.74, 6) is -1.11. The number of benzene rings is 2. The Balaban J connectivity index is 2.11. The van der Waals surface area contributed by atoms with E-state index in [-0.39, 0.29) is 0 Å². The minimum atomic E-state index is -0.556. The molecule has 0 saturated carbocycles. The van der Waals surface area contributed by atoms with Gasteiger partial charge in [-0.05, 0) is 42.7 Å². The first-order valence-corrected chi connectivity index (χ1v) is 9.39. The number of hydrogen-bond acceptors (Lipinski definition) is 4. The van der Waals surface area contributed by atoms with Gasteiger partial charge in [-0.3, -0.25) is 4.79 Å². The molecular weight excluding hydrogens is 361 g/mol. The Morgan fingerprint density at radius 2 is 1.93 bits per heavy atom. The number of methoxy groups -OCH3 is 1. The predicted molar refractivity (Wildman–Crippen MR) is 106 cm³/mol. The molecule has 0 saturated heterocycles. The second kappa shape index (κ2) is 10.4. The maximum absolute atomic E-state index is 14.6. The van der Waals surface area contributed by atoms with Gasteiger partial charge < -0.3 is 14.8 Å². The van der Waals surface area contributed by atoms with E-state index in [4.69, 9.17) is 9.47 Å². The number of unbranched alkanes of at least 4 members (excludes halogenated alkanes) is 2. The molecular formula is C22H26FNO4. The zero-order valence-corrected chi connectivity index (χ0v) is 16.5. The molecule has 0 aromatic heterocycles. The van der Waals surface area contributed by atoms with Gasteiger partial charge in [0.1, 0.15) is 11.6 Å². The molecule has 6 heteroatoms. The van der Waals surface area contributed by atoms with Crippen molar-refractivity contribution in [3.63, 3.8) is 0 Å². The van der Waals surface area contributed by atoms with E-state index in [1.165, 1.54) is 13.2 Å². The molecule has 2 aromatic rings. The van der Waals surface area contributed by atoms with E-state index in [9.17, 15) is 14.0 Å². The average Bonchev–Trinajstić information content (AvgIpc) is 2.70. The van der Waals surface area contributed by atoms with Crippen LogP contribution in [0.3, 0.4) is 0 Å². The Bertz CT molecular complexity index is 822. The highest BCUT2D eigenvalue weighted by Gasteiger charge is 2.18. The Labute approximate surface area is 164 Å². The van der Waals surface area contributed by atoms with Crippen LogP contribution in [0.5, 0.6) is 5.75 Å². The Morgan fingerprint density at radius 3 is 2.61 bits per heavy atom. The Hall–Kier alpha value is -2.89. The lowest BCUT2D eigenvalue weighted by Crippen LogP contribution is -2.27. The van der Waals surface area contributed by atoms with E-state index in [1.807, 2.05) is 0 Å². The third-order valence-electron chi connectivity index (χ3n) is 4.45. The monoisotopic (exact) mass is 387 g/mol. The number of rotatable bonds is 8. The lowest BCUT2D eigenvalue weighted by molar-refractivity contribution is -0.141. The number of carbonyl (C=O) groups is 2. The third-order valence-corrected chi connectivity index (χ3v) is 4.45. The molecule has 0 radical (unpaired) electrons. The van der Waals surface area contributed by atoms with Crippen LogP contribution in [0.25, 0.3) is 11.1 Å². The maximum atomic E-state index is 14.6. The van der Waals surface area contributed by atoms with Crippen LogP contribution in [-0.4, -0.2) is 25.7 Å². The zero-order chi connectivity index (χ0) is 20.5. The summed E-state index contributed by atoms with van der Waals surface area (Å²) < 4.78 is 24.6. The van der Waals surface area contributed by atoms with Gasteiger partial charge in [-0.2, -0.15) is 0 Å². The van der Waals surface area contributed by atoms with Gasteiger partial charge in [0.05, 0.1) is 13.0 Å². The first kappa shape index (κ1) is 21.4. The highest BCUT2D eigenvalue weighted by Crippen LogP contribution is 2.29. The molecule has 150 valence electrons. The summed E-state index contributed by atoms with van der Waals surface area (Å²) in [5, 5.41) is 2.69. The number of hydrogen-bond donors (Lipinski definition) is 1. The summed E-state index contributed by atoms with van der Waals surface area (Å²) in [6, 6.07) is 11.3. The number of halogens is 1. The SMILES string of the molecule is CCCCCNC(=O)Oc1cccc(-c2ccc(C(C)C(=O)OC)cc2F)c1. The predicted octanol–water partition coefficient (Wildman–Crippen LogP) is 5.05. The lowest BCUT2D eigenvalue weighted by atomic mass is 9.97. The molecule has 28 heavy (non-hydrogen) atoms. The van der Waals surface area contributed by atoms with Crippen LogP contribution in [0.4, 0.5) is 9.18 Å². The smallest absolute Gasteiger partial charge is 0.412 e. The molecule has 2 rings (SSSR count). The van der Waals surface area contributed by atoms with Gasteiger partial charge in [0.25, 0.3) is 0 Å². The van der Waals surface area contributed by atoms with Crippen molar-refractivity contribution >= 4 is 12.1 Å². The normalized spacial score (nSPS) is 11.6. The van der Waals surface area contributed by atoms with Crippen molar-refractivity contribution < 1.29 is 23.5 Å². The first-order chi connectivity index (χ1) is 13.5. The van der Waals surface area contributed by atoms with E-state index in [2.05, 4.69) is 12.2 Å². The Kier molecular flexibility index (Phi) is 7.99. The van der Waals surface area contributed by atoms with E-state index < -0.39 is 23.8 Å². The summed E-state index contributed by atoms with van der Waals surface area (Å²) in [5.41, 5.74) is 1.47. The van der Waals surface area contributed by atoms with Crippen molar-refractivity contribution in [3.8, 4) is 16.9 Å². The molecule has 0 aliphatic carbocycles. The van der Waals surface area contributed by atoms with Gasteiger partial charge in [0.2, 0.25) is 0 Å². The van der Waals surface area contributed by atoms with E-state index in [1.54, 1.807) is 43.3 Å². The number of amides is 1. The fraction of sp³-hybridized carbons (Fsp3) is 0.364. The number of ether oxygens (including phenoxy) is 2. The maximum Gasteiger partial charge on any atom is 0.412 e. The largest absolute Gasteiger partial charge is 0.469 e. The minimum Gasteiger partial charge on any atom is -0.469 e. The van der Waals surface area contributed by atoms with Gasteiger partial charge in [0, 0.05) is 12.1 Å². The molecule has 0 bridgehead atoms. The summed E-state index contributed by atoms with van der Waals surface area (Å²) in [4.78, 5) is 23.5. The molecule has 1 amide bonds. The fourth-order valence-corrected chi connectivity index (χ4v) is 2.78. The summed E-state index contributed by atoms with van der Waals surface area (Å²) in [7, 11) is 1.30. The average molecular weight is 387 g/mol. The Morgan fingerprint density at radius 1 is 1.14 bits per heavy atom. The van der Waals surface area contributed by atoms with E-state index in [0.29, 0.717) is 29.0 Å². The van der Waals surface area contributed by atoms with Crippen LogP contribution < -0.4 is 10.1 Å². The molecule has 1 N–H and O–H groups in total. The number of carbonyl (C=O) groups excluding carboxylic acids is 2. The van der Waals surface area contributed by atoms with Crippen LogP contribution in [-0.2, 0) is 9.53 Å². The topological polar surface area (TPSA) is 64.6 Å². The first-order valence-electron chi connectivity index (χ1n) is 9.39. The molecule has 1 atom stereocenters. The van der Waals surface area contributed by atoms with Crippen molar-refractivity contribution in [2.45, 2.75) is 39.0 Å². The fourth-order valence-electron chi connectivity index (χ4n) is 2.78. The van der Waals surface area contributed by atoms with E-state index in [0.717, 1.165) is 19.3 Å². The van der Waals surface area contributed by atoms with Crippen LogP contribution in [0.2, 0.25) is 0 Å². The molecule has 0 fully saturated rings. The van der Waals surface area contributed by atoms with Gasteiger partial charge in [-0.1, -0.05) is 44.0 Å². The highest BCUT2D eigenvalue weighted by molar-refractivity contribution is 5.78. The van der Waals surface area contributed by atoms with Crippen LogP contribution >= 0.6 is 0 Å². The molecule has 0 aliphatic rings. The van der Waals surface area contributed by atoms with Gasteiger partial charge >= 0.3 is 12.1 Å². The van der Waals surface area contributed by atoms with Crippen molar-refractivity contribution in [2.24, 2.45) is 0 Å². The summed E-state index contributed by atoms with van der Waals surface area (Å²) >= 11 is 0. The number of esters is 1. The van der Waals surface area contributed by atoms with Crippen LogP contribution in [0, 0.1) is 5.82 Å². The van der Waals surface area contributed by atoms with Gasteiger partial charge in [-0.15, -0.1) is 0 Å². The molecule has 0 aliphatic heterocycles. The number of nitrogens with one attached hydrogen (secondary N) is 1. The second-order valence-electron chi connectivity index (χ2n) is 6.54. The molecule has 0 spiro atoms. The third kappa shape index (κ3) is 5.81. The van der Waals surface area contributed by atoms with Crippen LogP contribution in [0.15, 0.2) is 42.5 Å².